The average molecular weight is 359 g/mol. The summed E-state index contributed by atoms with van der Waals surface area (Å²) in [6, 6.07) is 7.61. The van der Waals surface area contributed by atoms with Crippen LogP contribution >= 0.6 is 0 Å². The summed E-state index contributed by atoms with van der Waals surface area (Å²) in [6.07, 6.45) is 8.74. The minimum absolute atomic E-state index is 0.0530. The van der Waals surface area contributed by atoms with Gasteiger partial charge in [0.25, 0.3) is 0 Å². The molecule has 1 aromatic heterocycles. The normalized spacial score (nSPS) is 10.7. The van der Waals surface area contributed by atoms with Crippen LogP contribution in [0.5, 0.6) is 5.75 Å². The number of aromatic nitrogens is 4. The van der Waals surface area contributed by atoms with Gasteiger partial charge in [-0.15, -0.1) is 10.2 Å². The molecule has 0 aliphatic carbocycles. The molecule has 1 amide bonds. The Balaban J connectivity index is 1.66. The van der Waals surface area contributed by atoms with Crippen molar-refractivity contribution in [3.63, 3.8) is 0 Å². The summed E-state index contributed by atoms with van der Waals surface area (Å²) in [5.74, 6) is 1.53. The predicted octanol–water partition coefficient (Wildman–Crippen LogP) is 3.90. The Labute approximate surface area is 154 Å². The molecule has 2 aromatic rings. The number of aromatic amines is 1. The summed E-state index contributed by atoms with van der Waals surface area (Å²) < 4.78 is 5.85. The molecule has 0 radical (unpaired) electrons. The second-order valence-corrected chi connectivity index (χ2v) is 6.34. The number of carbonyl (C=O) groups is 1. The fourth-order valence-corrected chi connectivity index (χ4v) is 2.65. The summed E-state index contributed by atoms with van der Waals surface area (Å²) in [7, 11) is 0. The lowest BCUT2D eigenvalue weighted by Crippen LogP contribution is -2.12. The van der Waals surface area contributed by atoms with E-state index in [1.165, 1.54) is 12.8 Å². The molecule has 142 valence electrons. The number of H-pyrrole nitrogens is 1. The number of carbonyl (C=O) groups excluding carboxylic acids is 1. The summed E-state index contributed by atoms with van der Waals surface area (Å²) in [6.45, 7) is 2.79. The molecule has 26 heavy (non-hydrogen) atoms. The van der Waals surface area contributed by atoms with E-state index in [1.54, 1.807) is 0 Å². The predicted molar refractivity (Wildman–Crippen MR) is 101 cm³/mol. The number of nitrogens with zero attached hydrogens (tertiary/aromatic N) is 3. The molecular weight excluding hydrogens is 330 g/mol. The van der Waals surface area contributed by atoms with Gasteiger partial charge in [0.15, 0.2) is 5.82 Å². The van der Waals surface area contributed by atoms with E-state index in [2.05, 4.69) is 32.9 Å². The molecule has 0 aliphatic rings. The maximum atomic E-state index is 12.1. The lowest BCUT2D eigenvalue weighted by molar-refractivity contribution is -0.116. The van der Waals surface area contributed by atoms with Crippen LogP contribution in [0.15, 0.2) is 24.3 Å². The summed E-state index contributed by atoms with van der Waals surface area (Å²) in [5.41, 5.74) is 0.750. The van der Waals surface area contributed by atoms with Crippen LogP contribution in [0, 0.1) is 0 Å². The number of rotatable bonds is 13. The highest BCUT2D eigenvalue weighted by Crippen LogP contribution is 2.24. The number of unbranched alkanes of at least 4 members (excludes halogenated alkanes) is 5. The number of benzene rings is 1. The van der Waals surface area contributed by atoms with Gasteiger partial charge in [-0.2, -0.15) is 5.21 Å². The number of tetrazole rings is 1. The first kappa shape index (κ1) is 19.9. The zero-order chi connectivity index (χ0) is 18.5. The second kappa shape index (κ2) is 12.0. The van der Waals surface area contributed by atoms with Gasteiger partial charge in [-0.05, 0) is 37.8 Å². The minimum atomic E-state index is 0.0530. The van der Waals surface area contributed by atoms with Crippen LogP contribution in [0.25, 0.3) is 0 Å². The highest BCUT2D eigenvalue weighted by atomic mass is 16.5. The molecule has 0 saturated heterocycles. The molecule has 0 bridgehead atoms. The topological polar surface area (TPSA) is 92.8 Å². The SMILES string of the molecule is CCCCCCC(=O)Nc1ccccc1OCCCCCc1nn[nH]n1. The monoisotopic (exact) mass is 359 g/mol. The van der Waals surface area contributed by atoms with Gasteiger partial charge in [-0.3, -0.25) is 4.79 Å². The molecule has 0 unspecified atom stereocenters. The molecule has 7 heteroatoms. The molecule has 2 N–H and O–H groups in total. The minimum Gasteiger partial charge on any atom is -0.491 e. The van der Waals surface area contributed by atoms with Gasteiger partial charge in [-0.1, -0.05) is 43.5 Å². The van der Waals surface area contributed by atoms with Crippen LogP contribution in [0.1, 0.15) is 64.1 Å². The van der Waals surface area contributed by atoms with Gasteiger partial charge in [0, 0.05) is 12.8 Å². The van der Waals surface area contributed by atoms with E-state index in [-0.39, 0.29) is 5.91 Å². The van der Waals surface area contributed by atoms with Crippen molar-refractivity contribution in [1.29, 1.82) is 0 Å². The Morgan fingerprint density at radius 3 is 2.77 bits per heavy atom. The van der Waals surface area contributed by atoms with E-state index in [1.807, 2.05) is 24.3 Å². The van der Waals surface area contributed by atoms with E-state index in [9.17, 15) is 4.79 Å². The first-order chi connectivity index (χ1) is 12.8. The van der Waals surface area contributed by atoms with Crippen molar-refractivity contribution in [2.24, 2.45) is 0 Å². The van der Waals surface area contributed by atoms with Crippen molar-refractivity contribution in [3.05, 3.63) is 30.1 Å². The Morgan fingerprint density at radius 2 is 1.96 bits per heavy atom. The molecule has 1 heterocycles. The molecular formula is C19H29N5O2. The molecule has 0 saturated carbocycles. The Bertz CT molecular complexity index is 631. The highest BCUT2D eigenvalue weighted by Gasteiger charge is 2.07. The summed E-state index contributed by atoms with van der Waals surface area (Å²) in [5, 5.41) is 16.8. The molecule has 0 atom stereocenters. The third-order valence-electron chi connectivity index (χ3n) is 4.11. The number of anilines is 1. The van der Waals surface area contributed by atoms with Gasteiger partial charge in [-0.25, -0.2) is 0 Å². The molecule has 0 fully saturated rings. The van der Waals surface area contributed by atoms with Crippen LogP contribution in [-0.4, -0.2) is 33.1 Å². The van der Waals surface area contributed by atoms with Gasteiger partial charge >= 0.3 is 0 Å². The largest absolute Gasteiger partial charge is 0.491 e. The fraction of sp³-hybridized carbons (Fsp3) is 0.579. The quantitative estimate of drug-likeness (QED) is 0.529. The van der Waals surface area contributed by atoms with Crippen molar-refractivity contribution in [3.8, 4) is 5.75 Å². The zero-order valence-electron chi connectivity index (χ0n) is 15.5. The van der Waals surface area contributed by atoms with Gasteiger partial charge in [0.05, 0.1) is 12.3 Å². The number of hydrogen-bond donors (Lipinski definition) is 2. The van der Waals surface area contributed by atoms with Crippen LogP contribution in [0.4, 0.5) is 5.69 Å². The number of hydrogen-bond acceptors (Lipinski definition) is 5. The number of para-hydroxylation sites is 2. The molecule has 0 aliphatic heterocycles. The van der Waals surface area contributed by atoms with Crippen LogP contribution in [-0.2, 0) is 11.2 Å². The average Bonchev–Trinajstić information content (AvgIpc) is 3.16. The summed E-state index contributed by atoms with van der Waals surface area (Å²) >= 11 is 0. The fourth-order valence-electron chi connectivity index (χ4n) is 2.65. The van der Waals surface area contributed by atoms with Crippen molar-refractivity contribution >= 4 is 11.6 Å². The third-order valence-corrected chi connectivity index (χ3v) is 4.11. The van der Waals surface area contributed by atoms with Crippen molar-refractivity contribution in [2.45, 2.75) is 64.7 Å². The highest BCUT2D eigenvalue weighted by molar-refractivity contribution is 5.92. The van der Waals surface area contributed by atoms with Crippen molar-refractivity contribution in [2.75, 3.05) is 11.9 Å². The van der Waals surface area contributed by atoms with E-state index in [0.29, 0.717) is 13.0 Å². The van der Waals surface area contributed by atoms with Crippen LogP contribution < -0.4 is 10.1 Å². The van der Waals surface area contributed by atoms with E-state index in [0.717, 1.165) is 55.8 Å². The Hall–Kier alpha value is -2.44. The van der Waals surface area contributed by atoms with Gasteiger partial charge < -0.3 is 10.1 Å². The molecule has 1 aromatic carbocycles. The maximum absolute atomic E-state index is 12.1. The Kier molecular flexibility index (Phi) is 9.18. The third kappa shape index (κ3) is 7.63. The van der Waals surface area contributed by atoms with Crippen molar-refractivity contribution in [1.82, 2.24) is 20.6 Å². The number of amides is 1. The number of nitrogens with one attached hydrogen (secondary N) is 2. The van der Waals surface area contributed by atoms with Crippen LogP contribution in [0.3, 0.4) is 0 Å². The van der Waals surface area contributed by atoms with Crippen LogP contribution in [0.2, 0.25) is 0 Å². The van der Waals surface area contributed by atoms with Crippen molar-refractivity contribution < 1.29 is 9.53 Å². The lowest BCUT2D eigenvalue weighted by atomic mass is 10.1. The van der Waals surface area contributed by atoms with E-state index >= 15 is 0 Å². The number of aryl methyl sites for hydroxylation is 1. The lowest BCUT2D eigenvalue weighted by Gasteiger charge is -2.12. The van der Waals surface area contributed by atoms with Gasteiger partial charge in [0.2, 0.25) is 5.91 Å². The second-order valence-electron chi connectivity index (χ2n) is 6.34. The number of ether oxygens (including phenoxy) is 1. The Morgan fingerprint density at radius 1 is 1.12 bits per heavy atom. The first-order valence-electron chi connectivity index (χ1n) is 9.53. The molecule has 0 spiro atoms. The zero-order valence-corrected chi connectivity index (χ0v) is 15.5. The van der Waals surface area contributed by atoms with Gasteiger partial charge in [0.1, 0.15) is 5.75 Å². The van der Waals surface area contributed by atoms with E-state index in [4.69, 9.17) is 4.74 Å². The standard InChI is InChI=1S/C19H29N5O2/c1-2-3-4-7-14-19(25)20-16-11-8-9-12-17(16)26-15-10-5-6-13-18-21-23-24-22-18/h8-9,11-12H,2-7,10,13-15H2,1H3,(H,20,25)(H,21,22,23,24). The van der Waals surface area contributed by atoms with E-state index < -0.39 is 0 Å². The first-order valence-corrected chi connectivity index (χ1v) is 9.53. The molecule has 7 nitrogen and oxygen atoms in total. The smallest absolute Gasteiger partial charge is 0.224 e. The maximum Gasteiger partial charge on any atom is 0.224 e. The summed E-state index contributed by atoms with van der Waals surface area (Å²) in [4.78, 5) is 12.1. The molecule has 2 rings (SSSR count).